The first-order valence-corrected chi connectivity index (χ1v) is 9.97. The van der Waals surface area contributed by atoms with Crippen molar-refractivity contribution < 1.29 is 9.53 Å². The largest absolute Gasteiger partial charge is 0.496 e. The number of benzene rings is 2. The summed E-state index contributed by atoms with van der Waals surface area (Å²) in [6, 6.07) is 16.4. The number of nitrogens with zero attached hydrogens (tertiary/aromatic N) is 2. The highest BCUT2D eigenvalue weighted by Crippen LogP contribution is 2.22. The van der Waals surface area contributed by atoms with Crippen LogP contribution in [0.25, 0.3) is 0 Å². The molecule has 1 aliphatic rings. The Morgan fingerprint density at radius 2 is 1.75 bits per heavy atom. The molecule has 0 saturated carbocycles. The molecule has 0 aliphatic carbocycles. The molecule has 1 fully saturated rings. The minimum atomic E-state index is 0.0313. The predicted molar refractivity (Wildman–Crippen MR) is 112 cm³/mol. The molecular formula is C23H31N3O2. The van der Waals surface area contributed by atoms with E-state index in [1.165, 1.54) is 11.1 Å². The Bertz CT molecular complexity index is 771. The molecule has 0 radical (unpaired) electrons. The lowest BCUT2D eigenvalue weighted by molar-refractivity contribution is -0.123. The van der Waals surface area contributed by atoms with Crippen molar-refractivity contribution in [3.8, 4) is 5.75 Å². The van der Waals surface area contributed by atoms with Crippen LogP contribution in [0, 0.1) is 6.92 Å². The molecule has 0 bridgehead atoms. The Morgan fingerprint density at radius 3 is 2.43 bits per heavy atom. The van der Waals surface area contributed by atoms with E-state index in [0.29, 0.717) is 6.54 Å². The number of piperazine rings is 1. The zero-order chi connectivity index (χ0) is 19.9. The van der Waals surface area contributed by atoms with Crippen molar-refractivity contribution in [1.29, 1.82) is 0 Å². The average molecular weight is 382 g/mol. The third kappa shape index (κ3) is 5.57. The summed E-state index contributed by atoms with van der Waals surface area (Å²) in [5.41, 5.74) is 3.61. The van der Waals surface area contributed by atoms with Crippen LogP contribution in [0.3, 0.4) is 0 Å². The standard InChI is InChI=1S/C23H31N3O2/c1-18-9-10-22(28-3)21(15-18)16-25-11-13-26(14-12-25)17-23(27)24-19(2)20-7-5-4-6-8-20/h4-10,15,19H,11-14,16-17H2,1-3H3,(H,24,27)/t19-/m1/s1. The number of rotatable bonds is 7. The van der Waals surface area contributed by atoms with E-state index in [1.54, 1.807) is 7.11 Å². The molecule has 2 aromatic carbocycles. The Kier molecular flexibility index (Phi) is 7.06. The number of ether oxygens (including phenoxy) is 1. The maximum atomic E-state index is 12.4. The monoisotopic (exact) mass is 381 g/mol. The van der Waals surface area contributed by atoms with Crippen molar-refractivity contribution in [2.45, 2.75) is 26.4 Å². The van der Waals surface area contributed by atoms with Crippen LogP contribution in [0.5, 0.6) is 5.75 Å². The van der Waals surface area contributed by atoms with E-state index in [2.05, 4.69) is 34.2 Å². The number of methoxy groups -OCH3 is 1. The lowest BCUT2D eigenvalue weighted by atomic mass is 10.1. The molecule has 0 aromatic heterocycles. The van der Waals surface area contributed by atoms with Gasteiger partial charge < -0.3 is 10.1 Å². The van der Waals surface area contributed by atoms with Gasteiger partial charge in [-0.15, -0.1) is 0 Å². The third-order valence-electron chi connectivity index (χ3n) is 5.34. The number of carbonyl (C=O) groups is 1. The van der Waals surface area contributed by atoms with Crippen molar-refractivity contribution >= 4 is 5.91 Å². The van der Waals surface area contributed by atoms with Crippen LogP contribution in [-0.2, 0) is 11.3 Å². The number of nitrogens with one attached hydrogen (secondary N) is 1. The summed E-state index contributed by atoms with van der Waals surface area (Å²) in [5.74, 6) is 1.03. The van der Waals surface area contributed by atoms with Gasteiger partial charge in [-0.3, -0.25) is 14.6 Å². The Hall–Kier alpha value is -2.37. The molecule has 1 N–H and O–H groups in total. The molecule has 28 heavy (non-hydrogen) atoms. The first-order chi connectivity index (χ1) is 13.5. The average Bonchev–Trinajstić information content (AvgIpc) is 2.70. The highest BCUT2D eigenvalue weighted by atomic mass is 16.5. The lowest BCUT2D eigenvalue weighted by Crippen LogP contribution is -2.49. The molecule has 1 amide bonds. The Morgan fingerprint density at radius 1 is 1.07 bits per heavy atom. The summed E-state index contributed by atoms with van der Waals surface area (Å²) in [6.07, 6.45) is 0. The number of hydrogen-bond donors (Lipinski definition) is 1. The fourth-order valence-corrected chi connectivity index (χ4v) is 3.69. The van der Waals surface area contributed by atoms with Crippen LogP contribution < -0.4 is 10.1 Å². The summed E-state index contributed by atoms with van der Waals surface area (Å²) in [7, 11) is 1.72. The van der Waals surface area contributed by atoms with Crippen molar-refractivity contribution in [3.05, 3.63) is 65.2 Å². The molecule has 5 nitrogen and oxygen atoms in total. The molecule has 1 heterocycles. The summed E-state index contributed by atoms with van der Waals surface area (Å²) in [6.45, 7) is 9.20. The SMILES string of the molecule is COc1ccc(C)cc1CN1CCN(CC(=O)N[C@H](C)c2ccccc2)CC1. The molecule has 1 saturated heterocycles. The molecule has 1 atom stereocenters. The molecular weight excluding hydrogens is 350 g/mol. The molecule has 0 unspecified atom stereocenters. The van der Waals surface area contributed by atoms with Crippen LogP contribution in [0.2, 0.25) is 0 Å². The number of aryl methyl sites for hydroxylation is 1. The summed E-state index contributed by atoms with van der Waals surface area (Å²) in [4.78, 5) is 17.1. The van der Waals surface area contributed by atoms with Crippen molar-refractivity contribution in [2.24, 2.45) is 0 Å². The normalized spacial score (nSPS) is 16.5. The molecule has 5 heteroatoms. The molecule has 2 aromatic rings. The zero-order valence-corrected chi connectivity index (χ0v) is 17.1. The van der Waals surface area contributed by atoms with Crippen LogP contribution in [0.4, 0.5) is 0 Å². The summed E-state index contributed by atoms with van der Waals surface area (Å²) in [5, 5.41) is 3.11. The van der Waals surface area contributed by atoms with Crippen molar-refractivity contribution in [3.63, 3.8) is 0 Å². The lowest BCUT2D eigenvalue weighted by Gasteiger charge is -2.34. The van der Waals surface area contributed by atoms with E-state index in [-0.39, 0.29) is 11.9 Å². The third-order valence-corrected chi connectivity index (χ3v) is 5.34. The first-order valence-electron chi connectivity index (χ1n) is 9.97. The summed E-state index contributed by atoms with van der Waals surface area (Å²) < 4.78 is 5.50. The molecule has 150 valence electrons. The van der Waals surface area contributed by atoms with Gasteiger partial charge in [0.1, 0.15) is 5.75 Å². The maximum absolute atomic E-state index is 12.4. The van der Waals surface area contributed by atoms with Crippen LogP contribution in [-0.4, -0.2) is 55.5 Å². The summed E-state index contributed by atoms with van der Waals surface area (Å²) >= 11 is 0. The van der Waals surface area contributed by atoms with Gasteiger partial charge >= 0.3 is 0 Å². The number of hydrogen-bond acceptors (Lipinski definition) is 4. The van der Waals surface area contributed by atoms with Gasteiger partial charge in [-0.05, 0) is 25.5 Å². The topological polar surface area (TPSA) is 44.8 Å². The van der Waals surface area contributed by atoms with Gasteiger partial charge in [0.25, 0.3) is 0 Å². The van der Waals surface area contributed by atoms with Gasteiger partial charge in [0, 0.05) is 38.3 Å². The minimum absolute atomic E-state index is 0.0313. The van der Waals surface area contributed by atoms with Gasteiger partial charge in [0.2, 0.25) is 5.91 Å². The van der Waals surface area contributed by atoms with Gasteiger partial charge in [-0.2, -0.15) is 0 Å². The van der Waals surface area contributed by atoms with E-state index in [9.17, 15) is 4.79 Å². The van der Waals surface area contributed by atoms with Crippen molar-refractivity contribution in [2.75, 3.05) is 39.8 Å². The van der Waals surface area contributed by atoms with E-state index < -0.39 is 0 Å². The molecule has 1 aliphatic heterocycles. The fourth-order valence-electron chi connectivity index (χ4n) is 3.69. The Labute approximate surface area is 168 Å². The molecule has 3 rings (SSSR count). The Balaban J connectivity index is 1.45. The highest BCUT2D eigenvalue weighted by molar-refractivity contribution is 5.78. The van der Waals surface area contributed by atoms with Crippen molar-refractivity contribution in [1.82, 2.24) is 15.1 Å². The van der Waals surface area contributed by atoms with Gasteiger partial charge in [-0.1, -0.05) is 48.0 Å². The first kappa shape index (κ1) is 20.4. The van der Waals surface area contributed by atoms with E-state index >= 15 is 0 Å². The highest BCUT2D eigenvalue weighted by Gasteiger charge is 2.20. The zero-order valence-electron chi connectivity index (χ0n) is 17.1. The second-order valence-electron chi connectivity index (χ2n) is 7.57. The van der Waals surface area contributed by atoms with Gasteiger partial charge in [-0.25, -0.2) is 0 Å². The smallest absolute Gasteiger partial charge is 0.234 e. The van der Waals surface area contributed by atoms with E-state index in [4.69, 9.17) is 4.74 Å². The van der Waals surface area contributed by atoms with Gasteiger partial charge in [0.15, 0.2) is 0 Å². The van der Waals surface area contributed by atoms with E-state index in [0.717, 1.165) is 44.0 Å². The fraction of sp³-hybridized carbons (Fsp3) is 0.435. The van der Waals surface area contributed by atoms with Gasteiger partial charge in [0.05, 0.1) is 19.7 Å². The number of amides is 1. The van der Waals surface area contributed by atoms with E-state index in [1.807, 2.05) is 43.3 Å². The predicted octanol–water partition coefficient (Wildman–Crippen LogP) is 3.00. The van der Waals surface area contributed by atoms with Crippen LogP contribution >= 0.6 is 0 Å². The second kappa shape index (κ2) is 9.71. The number of carbonyl (C=O) groups excluding carboxylic acids is 1. The minimum Gasteiger partial charge on any atom is -0.496 e. The second-order valence-corrected chi connectivity index (χ2v) is 7.57. The van der Waals surface area contributed by atoms with Crippen LogP contribution in [0.1, 0.15) is 29.7 Å². The molecule has 0 spiro atoms. The quantitative estimate of drug-likeness (QED) is 0.801. The maximum Gasteiger partial charge on any atom is 0.234 e. The van der Waals surface area contributed by atoms with Crippen LogP contribution in [0.15, 0.2) is 48.5 Å².